The second kappa shape index (κ2) is 13.0. The summed E-state index contributed by atoms with van der Waals surface area (Å²) in [6.45, 7) is 0.778. The largest absolute Gasteiger partial charge is 0.392 e. The molecule has 1 saturated carbocycles. The molecule has 13 heteroatoms. The van der Waals surface area contributed by atoms with E-state index in [0.717, 1.165) is 17.7 Å². The van der Waals surface area contributed by atoms with Gasteiger partial charge in [-0.25, -0.2) is 18.1 Å². The SMILES string of the molecule is COCCNS(=O)(=O)c1ccc(C(=NO[C@@H]2CC[C@@H](OC)C2)C(=O)Nc2ncc(COC)s2)cc1. The zero-order valence-electron chi connectivity index (χ0n) is 19.9. The number of carbonyl (C=O) groups is 1. The van der Waals surface area contributed by atoms with E-state index < -0.39 is 15.9 Å². The van der Waals surface area contributed by atoms with Gasteiger partial charge in [0.1, 0.15) is 6.10 Å². The van der Waals surface area contributed by atoms with Gasteiger partial charge in [0.25, 0.3) is 5.91 Å². The van der Waals surface area contributed by atoms with E-state index in [2.05, 4.69) is 20.2 Å². The van der Waals surface area contributed by atoms with Gasteiger partial charge in [-0.05, 0) is 25.0 Å². The van der Waals surface area contributed by atoms with Crippen molar-refractivity contribution in [3.8, 4) is 0 Å². The number of thiazole rings is 1. The highest BCUT2D eigenvalue weighted by atomic mass is 32.2. The van der Waals surface area contributed by atoms with Crippen LogP contribution in [-0.2, 0) is 40.5 Å². The van der Waals surface area contributed by atoms with Crippen molar-refractivity contribution in [1.82, 2.24) is 9.71 Å². The van der Waals surface area contributed by atoms with E-state index in [1.807, 2.05) is 0 Å². The van der Waals surface area contributed by atoms with E-state index in [0.29, 0.717) is 23.7 Å². The lowest BCUT2D eigenvalue weighted by Gasteiger charge is -2.12. The molecule has 0 aliphatic heterocycles. The van der Waals surface area contributed by atoms with Crippen LogP contribution < -0.4 is 10.0 Å². The third kappa shape index (κ3) is 7.78. The summed E-state index contributed by atoms with van der Waals surface area (Å²) in [6, 6.07) is 5.84. The van der Waals surface area contributed by atoms with E-state index in [-0.39, 0.29) is 36.0 Å². The number of oxime groups is 1. The summed E-state index contributed by atoms with van der Waals surface area (Å²) in [5, 5.41) is 7.27. The van der Waals surface area contributed by atoms with Crippen molar-refractivity contribution in [3.05, 3.63) is 40.9 Å². The standard InChI is InChI=1S/C22H30N4O7S2/c1-30-11-10-24-35(28,29)19-8-4-15(5-9-19)20(26-33-17-7-6-16(12-17)32-3)21(27)25-22-23-13-18(34-22)14-31-2/h4-5,8-9,13,16-17,24H,6-7,10-12,14H2,1-3H3,(H,23,25,27)/t16-,17-/m1/s1. The van der Waals surface area contributed by atoms with Gasteiger partial charge >= 0.3 is 0 Å². The lowest BCUT2D eigenvalue weighted by Crippen LogP contribution is -2.27. The van der Waals surface area contributed by atoms with Gasteiger partial charge in [0.05, 0.1) is 29.1 Å². The predicted molar refractivity (Wildman–Crippen MR) is 131 cm³/mol. The van der Waals surface area contributed by atoms with Crippen LogP contribution in [0.15, 0.2) is 40.5 Å². The van der Waals surface area contributed by atoms with Crippen molar-refractivity contribution in [2.75, 3.05) is 39.8 Å². The molecule has 1 aromatic heterocycles. The maximum atomic E-state index is 13.1. The van der Waals surface area contributed by atoms with Gasteiger partial charge in [0.15, 0.2) is 10.8 Å². The van der Waals surface area contributed by atoms with Crippen LogP contribution in [0.1, 0.15) is 29.7 Å². The van der Waals surface area contributed by atoms with Gasteiger partial charge in [-0.2, -0.15) is 0 Å². The number of benzene rings is 1. The highest BCUT2D eigenvalue weighted by Crippen LogP contribution is 2.25. The number of aromatic nitrogens is 1. The fourth-order valence-corrected chi connectivity index (χ4v) is 5.24. The minimum Gasteiger partial charge on any atom is -0.392 e. The Labute approximate surface area is 208 Å². The molecule has 2 N–H and O–H groups in total. The molecule has 3 rings (SSSR count). The Bertz CT molecular complexity index is 1100. The van der Waals surface area contributed by atoms with E-state index in [4.69, 9.17) is 19.0 Å². The van der Waals surface area contributed by atoms with Crippen LogP contribution in [0.25, 0.3) is 0 Å². The number of nitrogens with zero attached hydrogens (tertiary/aromatic N) is 2. The minimum atomic E-state index is -3.72. The van der Waals surface area contributed by atoms with Gasteiger partial charge in [-0.3, -0.25) is 10.1 Å². The summed E-state index contributed by atoms with van der Waals surface area (Å²) in [7, 11) is 1.00. The van der Waals surface area contributed by atoms with Crippen LogP contribution >= 0.6 is 11.3 Å². The summed E-state index contributed by atoms with van der Waals surface area (Å²) in [5.41, 5.74) is 0.402. The van der Waals surface area contributed by atoms with Gasteiger partial charge < -0.3 is 19.0 Å². The highest BCUT2D eigenvalue weighted by molar-refractivity contribution is 7.89. The van der Waals surface area contributed by atoms with E-state index in [9.17, 15) is 13.2 Å². The summed E-state index contributed by atoms with van der Waals surface area (Å²) >= 11 is 1.28. The molecule has 1 fully saturated rings. The van der Waals surface area contributed by atoms with Crippen molar-refractivity contribution >= 4 is 38.1 Å². The first kappa shape index (κ1) is 27.2. The molecule has 1 aliphatic rings. The molecule has 1 amide bonds. The first-order valence-electron chi connectivity index (χ1n) is 11.0. The number of amides is 1. The Morgan fingerprint density at radius 3 is 2.54 bits per heavy atom. The van der Waals surface area contributed by atoms with Gasteiger partial charge in [0.2, 0.25) is 10.0 Å². The van der Waals surface area contributed by atoms with Crippen molar-refractivity contribution < 1.29 is 32.3 Å². The van der Waals surface area contributed by atoms with Crippen molar-refractivity contribution in [2.24, 2.45) is 5.16 Å². The maximum absolute atomic E-state index is 13.1. The van der Waals surface area contributed by atoms with Gasteiger partial charge in [0, 0.05) is 46.1 Å². The second-order valence-corrected chi connectivity index (χ2v) is 10.7. The van der Waals surface area contributed by atoms with Crippen molar-refractivity contribution in [3.63, 3.8) is 0 Å². The quantitative estimate of drug-likeness (QED) is 0.230. The van der Waals surface area contributed by atoms with Crippen LogP contribution in [0.3, 0.4) is 0 Å². The summed E-state index contributed by atoms with van der Waals surface area (Å²) < 4.78 is 42.7. The molecule has 2 atom stereocenters. The number of sulfonamides is 1. The molecule has 1 aliphatic carbocycles. The zero-order chi connectivity index (χ0) is 25.3. The number of hydrogen-bond acceptors (Lipinski definition) is 10. The number of rotatable bonds is 13. The Kier molecular flexibility index (Phi) is 10.1. The molecule has 11 nitrogen and oxygen atoms in total. The molecule has 0 unspecified atom stereocenters. The highest BCUT2D eigenvalue weighted by Gasteiger charge is 2.27. The van der Waals surface area contributed by atoms with Crippen LogP contribution in [-0.4, -0.2) is 71.7 Å². The number of anilines is 1. The monoisotopic (exact) mass is 526 g/mol. The van der Waals surface area contributed by atoms with Crippen molar-refractivity contribution in [1.29, 1.82) is 0 Å². The lowest BCUT2D eigenvalue weighted by atomic mass is 10.1. The average Bonchev–Trinajstić information content (AvgIpc) is 3.49. The third-order valence-corrected chi connectivity index (χ3v) is 7.64. The van der Waals surface area contributed by atoms with E-state index in [1.54, 1.807) is 20.4 Å². The predicted octanol–water partition coefficient (Wildman–Crippen LogP) is 2.14. The molecular weight excluding hydrogens is 496 g/mol. The molecular formula is C22H30N4O7S2. The Morgan fingerprint density at radius 2 is 1.89 bits per heavy atom. The van der Waals surface area contributed by atoms with Crippen LogP contribution in [0.5, 0.6) is 0 Å². The van der Waals surface area contributed by atoms with Crippen LogP contribution in [0.2, 0.25) is 0 Å². The summed E-state index contributed by atoms with van der Waals surface area (Å²) in [5.74, 6) is -0.529. The molecule has 2 aromatic rings. The molecule has 1 aromatic carbocycles. The molecule has 35 heavy (non-hydrogen) atoms. The Morgan fingerprint density at radius 1 is 1.14 bits per heavy atom. The number of methoxy groups -OCH3 is 3. The first-order chi connectivity index (χ1) is 16.9. The van der Waals surface area contributed by atoms with Gasteiger partial charge in [-0.1, -0.05) is 28.6 Å². The number of ether oxygens (including phenoxy) is 3. The Balaban J connectivity index is 1.80. The van der Waals surface area contributed by atoms with Crippen LogP contribution in [0, 0.1) is 0 Å². The number of hydrogen-bond donors (Lipinski definition) is 2. The smallest absolute Gasteiger partial charge is 0.280 e. The topological polar surface area (TPSA) is 137 Å². The second-order valence-electron chi connectivity index (χ2n) is 7.77. The number of nitrogens with one attached hydrogen (secondary N) is 2. The Hall–Kier alpha value is -2.42. The van der Waals surface area contributed by atoms with Crippen molar-refractivity contribution in [2.45, 2.75) is 43.0 Å². The third-order valence-electron chi connectivity index (χ3n) is 5.27. The molecule has 192 valence electrons. The molecule has 0 saturated heterocycles. The molecule has 0 bridgehead atoms. The molecule has 0 spiro atoms. The van der Waals surface area contributed by atoms with Crippen LogP contribution in [0.4, 0.5) is 5.13 Å². The first-order valence-corrected chi connectivity index (χ1v) is 13.3. The summed E-state index contributed by atoms with van der Waals surface area (Å²) in [4.78, 5) is 23.9. The maximum Gasteiger partial charge on any atom is 0.280 e. The number of carbonyl (C=O) groups excluding carboxylic acids is 1. The van der Waals surface area contributed by atoms with E-state index in [1.165, 1.54) is 42.7 Å². The fraction of sp³-hybridized carbons (Fsp3) is 0.500. The summed E-state index contributed by atoms with van der Waals surface area (Å²) in [6.07, 6.45) is 3.82. The lowest BCUT2D eigenvalue weighted by molar-refractivity contribution is -0.110. The van der Waals surface area contributed by atoms with E-state index >= 15 is 0 Å². The zero-order valence-corrected chi connectivity index (χ0v) is 21.5. The average molecular weight is 527 g/mol. The minimum absolute atomic E-state index is 0.00523. The molecule has 0 radical (unpaired) electrons. The van der Waals surface area contributed by atoms with Gasteiger partial charge in [-0.15, -0.1) is 0 Å². The molecule has 1 heterocycles. The normalized spacial score (nSPS) is 18.5. The fourth-order valence-electron chi connectivity index (χ4n) is 3.45.